The molecule has 1 heterocycles. The zero-order valence-corrected chi connectivity index (χ0v) is 14.5. The number of amides is 2. The molecule has 0 saturated carbocycles. The third kappa shape index (κ3) is 4.41. The SMILES string of the molecule is CCN(C(=O)c1cc(C(=O)NC(C)(C)C)ccn1)c1ccccc1. The van der Waals surface area contributed by atoms with Gasteiger partial charge in [0.05, 0.1) is 0 Å². The Bertz CT molecular complexity index is 721. The van der Waals surface area contributed by atoms with Gasteiger partial charge in [0.2, 0.25) is 0 Å². The molecule has 1 aromatic heterocycles. The molecule has 5 heteroatoms. The molecule has 0 aliphatic heterocycles. The molecule has 0 aliphatic rings. The Balaban J connectivity index is 2.27. The zero-order chi connectivity index (χ0) is 17.7. The number of pyridine rings is 1. The number of benzene rings is 1. The van der Waals surface area contributed by atoms with Crippen LogP contribution in [0.1, 0.15) is 48.5 Å². The van der Waals surface area contributed by atoms with Gasteiger partial charge in [0, 0.05) is 29.5 Å². The third-order valence-electron chi connectivity index (χ3n) is 3.36. The number of anilines is 1. The molecule has 24 heavy (non-hydrogen) atoms. The van der Waals surface area contributed by atoms with Crippen LogP contribution in [0.5, 0.6) is 0 Å². The smallest absolute Gasteiger partial charge is 0.276 e. The number of rotatable bonds is 4. The molecule has 0 saturated heterocycles. The quantitative estimate of drug-likeness (QED) is 0.938. The summed E-state index contributed by atoms with van der Waals surface area (Å²) in [6.07, 6.45) is 1.49. The number of hydrogen-bond acceptors (Lipinski definition) is 3. The van der Waals surface area contributed by atoms with E-state index in [2.05, 4.69) is 10.3 Å². The Morgan fingerprint density at radius 2 is 1.79 bits per heavy atom. The van der Waals surface area contributed by atoms with Gasteiger partial charge in [0.15, 0.2) is 0 Å². The van der Waals surface area contributed by atoms with Gasteiger partial charge in [-0.25, -0.2) is 0 Å². The van der Waals surface area contributed by atoms with Gasteiger partial charge in [-0.1, -0.05) is 18.2 Å². The maximum Gasteiger partial charge on any atom is 0.276 e. The summed E-state index contributed by atoms with van der Waals surface area (Å²) in [6.45, 7) is 8.15. The summed E-state index contributed by atoms with van der Waals surface area (Å²) < 4.78 is 0. The maximum absolute atomic E-state index is 12.8. The van der Waals surface area contributed by atoms with Gasteiger partial charge in [-0.15, -0.1) is 0 Å². The molecular weight excluding hydrogens is 302 g/mol. The molecule has 1 N–H and O–H groups in total. The minimum Gasteiger partial charge on any atom is -0.347 e. The predicted octanol–water partition coefficient (Wildman–Crippen LogP) is 3.28. The fourth-order valence-corrected chi connectivity index (χ4v) is 2.29. The van der Waals surface area contributed by atoms with E-state index >= 15 is 0 Å². The molecule has 2 amide bonds. The number of carbonyl (C=O) groups excluding carboxylic acids is 2. The minimum atomic E-state index is -0.343. The van der Waals surface area contributed by atoms with E-state index in [1.807, 2.05) is 58.0 Å². The summed E-state index contributed by atoms with van der Waals surface area (Å²) in [5.41, 5.74) is 1.13. The lowest BCUT2D eigenvalue weighted by atomic mass is 10.1. The molecule has 0 spiro atoms. The van der Waals surface area contributed by atoms with E-state index < -0.39 is 0 Å². The number of carbonyl (C=O) groups is 2. The molecule has 0 bridgehead atoms. The first kappa shape index (κ1) is 17.7. The van der Waals surface area contributed by atoms with Gasteiger partial charge in [0.1, 0.15) is 5.69 Å². The van der Waals surface area contributed by atoms with Crippen molar-refractivity contribution in [2.75, 3.05) is 11.4 Å². The van der Waals surface area contributed by atoms with E-state index in [1.54, 1.807) is 11.0 Å². The highest BCUT2D eigenvalue weighted by molar-refractivity contribution is 6.06. The minimum absolute atomic E-state index is 0.221. The van der Waals surface area contributed by atoms with Crippen LogP contribution in [0.3, 0.4) is 0 Å². The Morgan fingerprint density at radius 1 is 1.12 bits per heavy atom. The Morgan fingerprint density at radius 3 is 2.38 bits per heavy atom. The van der Waals surface area contributed by atoms with Crippen LogP contribution in [0.15, 0.2) is 48.7 Å². The molecule has 2 aromatic rings. The van der Waals surface area contributed by atoms with E-state index in [-0.39, 0.29) is 23.0 Å². The van der Waals surface area contributed by atoms with Crippen molar-refractivity contribution in [1.29, 1.82) is 0 Å². The fourth-order valence-electron chi connectivity index (χ4n) is 2.29. The van der Waals surface area contributed by atoms with Gasteiger partial charge < -0.3 is 10.2 Å². The van der Waals surface area contributed by atoms with Crippen LogP contribution in [0.2, 0.25) is 0 Å². The molecule has 0 unspecified atom stereocenters. The summed E-state index contributed by atoms with van der Waals surface area (Å²) in [6, 6.07) is 12.6. The summed E-state index contributed by atoms with van der Waals surface area (Å²) in [5.74, 6) is -0.448. The average Bonchev–Trinajstić information content (AvgIpc) is 2.55. The first-order valence-corrected chi connectivity index (χ1v) is 7.97. The van der Waals surface area contributed by atoms with E-state index in [4.69, 9.17) is 0 Å². The molecule has 0 aliphatic carbocycles. The van der Waals surface area contributed by atoms with Crippen molar-refractivity contribution in [3.8, 4) is 0 Å². The molecule has 0 radical (unpaired) electrons. The molecular formula is C19H23N3O2. The van der Waals surface area contributed by atoms with E-state index in [0.29, 0.717) is 12.1 Å². The van der Waals surface area contributed by atoms with Crippen molar-refractivity contribution in [3.05, 3.63) is 59.9 Å². The Hall–Kier alpha value is -2.69. The molecule has 0 atom stereocenters. The number of hydrogen-bond donors (Lipinski definition) is 1. The first-order valence-electron chi connectivity index (χ1n) is 7.97. The fraction of sp³-hybridized carbons (Fsp3) is 0.316. The Labute approximate surface area is 142 Å². The normalized spacial score (nSPS) is 11.0. The van der Waals surface area contributed by atoms with Crippen LogP contribution >= 0.6 is 0 Å². The highest BCUT2D eigenvalue weighted by atomic mass is 16.2. The lowest BCUT2D eigenvalue weighted by Crippen LogP contribution is -2.40. The van der Waals surface area contributed by atoms with Gasteiger partial charge >= 0.3 is 0 Å². The van der Waals surface area contributed by atoms with Gasteiger partial charge in [0.25, 0.3) is 11.8 Å². The number of nitrogens with zero attached hydrogens (tertiary/aromatic N) is 2. The molecule has 5 nitrogen and oxygen atoms in total. The predicted molar refractivity (Wildman–Crippen MR) is 95.2 cm³/mol. The standard InChI is InChI=1S/C19H23N3O2/c1-5-22(15-9-7-6-8-10-15)18(24)16-13-14(11-12-20-16)17(23)21-19(2,3)4/h6-13H,5H2,1-4H3,(H,21,23). The second-order valence-corrected chi connectivity index (χ2v) is 6.52. The van der Waals surface area contributed by atoms with Crippen molar-refractivity contribution >= 4 is 17.5 Å². The van der Waals surface area contributed by atoms with Crippen molar-refractivity contribution in [2.24, 2.45) is 0 Å². The number of para-hydroxylation sites is 1. The lowest BCUT2D eigenvalue weighted by molar-refractivity contribution is 0.0919. The second-order valence-electron chi connectivity index (χ2n) is 6.52. The van der Waals surface area contributed by atoms with Crippen LogP contribution in [0, 0.1) is 0 Å². The lowest BCUT2D eigenvalue weighted by Gasteiger charge is -2.22. The summed E-state index contributed by atoms with van der Waals surface area (Å²) in [5, 5.41) is 2.88. The highest BCUT2D eigenvalue weighted by Crippen LogP contribution is 2.16. The first-order chi connectivity index (χ1) is 11.3. The summed E-state index contributed by atoms with van der Waals surface area (Å²) >= 11 is 0. The van der Waals surface area contributed by atoms with Crippen molar-refractivity contribution in [2.45, 2.75) is 33.2 Å². The summed E-state index contributed by atoms with van der Waals surface area (Å²) in [4.78, 5) is 30.8. The number of nitrogens with one attached hydrogen (secondary N) is 1. The van der Waals surface area contributed by atoms with Crippen LogP contribution in [-0.2, 0) is 0 Å². The van der Waals surface area contributed by atoms with Gasteiger partial charge in [-0.3, -0.25) is 14.6 Å². The van der Waals surface area contributed by atoms with Gasteiger partial charge in [-0.2, -0.15) is 0 Å². The van der Waals surface area contributed by atoms with E-state index in [9.17, 15) is 9.59 Å². The van der Waals surface area contributed by atoms with Gasteiger partial charge in [-0.05, 0) is 52.0 Å². The molecule has 2 rings (SSSR count). The molecule has 0 fully saturated rings. The van der Waals surface area contributed by atoms with E-state index in [0.717, 1.165) is 5.69 Å². The third-order valence-corrected chi connectivity index (χ3v) is 3.36. The van der Waals surface area contributed by atoms with E-state index in [1.165, 1.54) is 12.3 Å². The van der Waals surface area contributed by atoms with Crippen LogP contribution < -0.4 is 10.2 Å². The monoisotopic (exact) mass is 325 g/mol. The van der Waals surface area contributed by atoms with Crippen LogP contribution in [0.25, 0.3) is 0 Å². The zero-order valence-electron chi connectivity index (χ0n) is 14.5. The topological polar surface area (TPSA) is 62.3 Å². The highest BCUT2D eigenvalue weighted by Gasteiger charge is 2.20. The van der Waals surface area contributed by atoms with Crippen molar-refractivity contribution < 1.29 is 9.59 Å². The Kier molecular flexibility index (Phi) is 5.34. The molecule has 126 valence electrons. The average molecular weight is 325 g/mol. The van der Waals surface area contributed by atoms with Crippen molar-refractivity contribution in [3.63, 3.8) is 0 Å². The van der Waals surface area contributed by atoms with Crippen LogP contribution in [-0.4, -0.2) is 28.9 Å². The summed E-state index contributed by atoms with van der Waals surface area (Å²) in [7, 11) is 0. The largest absolute Gasteiger partial charge is 0.347 e. The number of aromatic nitrogens is 1. The van der Waals surface area contributed by atoms with Crippen LogP contribution in [0.4, 0.5) is 5.69 Å². The maximum atomic E-state index is 12.8. The second kappa shape index (κ2) is 7.25. The van der Waals surface area contributed by atoms with Crippen molar-refractivity contribution in [1.82, 2.24) is 10.3 Å². The molecule has 1 aromatic carbocycles.